The maximum absolute atomic E-state index is 11.2. The van der Waals surface area contributed by atoms with Crippen LogP contribution in [-0.2, 0) is 4.79 Å². The fraction of sp³-hybridized carbons (Fsp3) is 0.750. The first-order chi connectivity index (χ1) is 6.10. The average Bonchev–Trinajstić information content (AvgIpc) is 2.02. The Morgan fingerprint density at radius 3 is 2.69 bits per heavy atom. The molecule has 76 valence electrons. The molecule has 0 aliphatic carbocycles. The summed E-state index contributed by atoms with van der Waals surface area (Å²) in [6.45, 7) is 2.04. The predicted molar refractivity (Wildman–Crippen MR) is 62.0 cm³/mol. The monoisotopic (exact) mass is 220 g/mol. The van der Waals surface area contributed by atoms with E-state index in [0.717, 1.165) is 12.2 Å². The second kappa shape index (κ2) is 7.15. The van der Waals surface area contributed by atoms with Crippen molar-refractivity contribution >= 4 is 34.9 Å². The Bertz CT molecular complexity index is 185. The summed E-state index contributed by atoms with van der Waals surface area (Å²) in [7, 11) is 0. The van der Waals surface area contributed by atoms with Crippen LogP contribution >= 0.6 is 24.0 Å². The minimum absolute atomic E-state index is 0.0756. The Balaban J connectivity index is 3.79. The van der Waals surface area contributed by atoms with Gasteiger partial charge in [-0.1, -0.05) is 19.1 Å². The summed E-state index contributed by atoms with van der Waals surface area (Å²) in [5.41, 5.74) is 5.25. The van der Waals surface area contributed by atoms with Crippen LogP contribution in [0.3, 0.4) is 0 Å². The highest BCUT2D eigenvalue weighted by Crippen LogP contribution is 2.01. The highest BCUT2D eigenvalue weighted by atomic mass is 32.2. The van der Waals surface area contributed by atoms with Gasteiger partial charge in [0.15, 0.2) is 0 Å². The van der Waals surface area contributed by atoms with Gasteiger partial charge in [-0.05, 0) is 12.7 Å². The molecular weight excluding hydrogens is 204 g/mol. The third kappa shape index (κ3) is 6.83. The molecular formula is C8H16N2OS2. The molecule has 0 aromatic heterocycles. The van der Waals surface area contributed by atoms with Crippen LogP contribution in [0.25, 0.3) is 0 Å². The Morgan fingerprint density at radius 1 is 1.69 bits per heavy atom. The zero-order valence-corrected chi connectivity index (χ0v) is 9.63. The molecule has 0 rings (SSSR count). The molecule has 0 saturated carbocycles. The molecule has 0 aliphatic heterocycles. The lowest BCUT2D eigenvalue weighted by Gasteiger charge is -2.15. The largest absolute Gasteiger partial charge is 0.393 e. The van der Waals surface area contributed by atoms with Gasteiger partial charge in [0.25, 0.3) is 0 Å². The van der Waals surface area contributed by atoms with Gasteiger partial charge in [0, 0.05) is 11.8 Å². The number of amides is 1. The molecule has 1 amide bonds. The van der Waals surface area contributed by atoms with Crippen molar-refractivity contribution in [2.45, 2.75) is 25.8 Å². The summed E-state index contributed by atoms with van der Waals surface area (Å²) in [5, 5.41) is 2.87. The van der Waals surface area contributed by atoms with Gasteiger partial charge in [0.1, 0.15) is 0 Å². The van der Waals surface area contributed by atoms with Gasteiger partial charge < -0.3 is 11.1 Å². The number of nitrogens with one attached hydrogen (secondary N) is 1. The molecule has 13 heavy (non-hydrogen) atoms. The minimum Gasteiger partial charge on any atom is -0.393 e. The molecule has 0 radical (unpaired) electrons. The van der Waals surface area contributed by atoms with Crippen LogP contribution in [0.4, 0.5) is 0 Å². The van der Waals surface area contributed by atoms with Gasteiger partial charge in [-0.2, -0.15) is 11.8 Å². The van der Waals surface area contributed by atoms with Crippen molar-refractivity contribution in [3.05, 3.63) is 0 Å². The summed E-state index contributed by atoms with van der Waals surface area (Å²) in [6.07, 6.45) is 3.10. The van der Waals surface area contributed by atoms with E-state index in [4.69, 9.17) is 5.73 Å². The summed E-state index contributed by atoms with van der Waals surface area (Å²) in [6, 6.07) is 0.233. The number of rotatable bonds is 6. The van der Waals surface area contributed by atoms with E-state index in [0.29, 0.717) is 0 Å². The Labute approximate surface area is 88.8 Å². The van der Waals surface area contributed by atoms with E-state index in [2.05, 4.69) is 17.5 Å². The van der Waals surface area contributed by atoms with E-state index in [1.54, 1.807) is 11.8 Å². The van der Waals surface area contributed by atoms with Crippen molar-refractivity contribution in [3.63, 3.8) is 0 Å². The van der Waals surface area contributed by atoms with E-state index in [-0.39, 0.29) is 23.4 Å². The second-order valence-electron chi connectivity index (χ2n) is 2.77. The predicted octanol–water partition coefficient (Wildman–Crippen LogP) is 0.920. The molecule has 3 N–H and O–H groups in total. The number of carbonyl (C=O) groups is 1. The smallest absolute Gasteiger partial charge is 0.227 e. The number of carbonyl (C=O) groups excluding carboxylic acids is 1. The lowest BCUT2D eigenvalue weighted by molar-refractivity contribution is -0.120. The lowest BCUT2D eigenvalue weighted by atomic mass is 10.2. The Hall–Kier alpha value is -0.290. The summed E-state index contributed by atoms with van der Waals surface area (Å²) in [4.78, 5) is 11.5. The van der Waals surface area contributed by atoms with Crippen LogP contribution in [0.1, 0.15) is 19.8 Å². The van der Waals surface area contributed by atoms with Gasteiger partial charge in [0.05, 0.1) is 11.4 Å². The van der Waals surface area contributed by atoms with Crippen LogP contribution in [0.5, 0.6) is 0 Å². The molecule has 3 nitrogen and oxygen atoms in total. The molecule has 0 bridgehead atoms. The van der Waals surface area contributed by atoms with Crippen LogP contribution < -0.4 is 11.1 Å². The van der Waals surface area contributed by atoms with Gasteiger partial charge in [-0.25, -0.2) is 0 Å². The first kappa shape index (κ1) is 12.7. The zero-order valence-electron chi connectivity index (χ0n) is 8.00. The molecule has 0 fully saturated rings. The topological polar surface area (TPSA) is 55.1 Å². The average molecular weight is 220 g/mol. The molecule has 0 saturated heterocycles. The summed E-state index contributed by atoms with van der Waals surface area (Å²) in [5.74, 6) is 0.855. The Morgan fingerprint density at radius 2 is 2.31 bits per heavy atom. The number of thiocarbonyl (C=S) groups is 1. The highest BCUT2D eigenvalue weighted by molar-refractivity contribution is 7.98. The van der Waals surface area contributed by atoms with Crippen LogP contribution in [0.2, 0.25) is 0 Å². The number of thioether (sulfide) groups is 1. The van der Waals surface area contributed by atoms with Crippen LogP contribution in [-0.4, -0.2) is 28.9 Å². The van der Waals surface area contributed by atoms with Gasteiger partial charge in [-0.3, -0.25) is 4.79 Å². The van der Waals surface area contributed by atoms with E-state index in [1.165, 1.54) is 0 Å². The van der Waals surface area contributed by atoms with Crippen molar-refractivity contribution in [2.75, 3.05) is 12.0 Å². The highest BCUT2D eigenvalue weighted by Gasteiger charge is 2.09. The summed E-state index contributed by atoms with van der Waals surface area (Å²) < 4.78 is 0. The fourth-order valence-corrected chi connectivity index (χ4v) is 1.75. The lowest BCUT2D eigenvalue weighted by Crippen LogP contribution is -2.37. The zero-order chi connectivity index (χ0) is 10.3. The number of nitrogens with two attached hydrogens (primary N) is 1. The van der Waals surface area contributed by atoms with E-state index >= 15 is 0 Å². The molecule has 5 heteroatoms. The molecule has 0 aromatic carbocycles. The van der Waals surface area contributed by atoms with E-state index < -0.39 is 0 Å². The maximum Gasteiger partial charge on any atom is 0.227 e. The molecule has 0 heterocycles. The molecule has 0 aliphatic rings. The second-order valence-corrected chi connectivity index (χ2v) is 4.21. The van der Waals surface area contributed by atoms with Crippen molar-refractivity contribution in [1.82, 2.24) is 5.32 Å². The molecule has 1 atom stereocenters. The summed E-state index contributed by atoms with van der Waals surface area (Å²) >= 11 is 6.35. The Kier molecular flexibility index (Phi) is 6.99. The van der Waals surface area contributed by atoms with Crippen LogP contribution in [0, 0.1) is 0 Å². The van der Waals surface area contributed by atoms with Crippen molar-refractivity contribution < 1.29 is 4.79 Å². The molecule has 1 unspecified atom stereocenters. The minimum atomic E-state index is -0.0756. The van der Waals surface area contributed by atoms with E-state index in [1.807, 2.05) is 13.2 Å². The van der Waals surface area contributed by atoms with Crippen molar-refractivity contribution in [3.8, 4) is 0 Å². The molecule has 0 aromatic rings. The van der Waals surface area contributed by atoms with Gasteiger partial charge in [-0.15, -0.1) is 0 Å². The maximum atomic E-state index is 11.2. The van der Waals surface area contributed by atoms with Gasteiger partial charge >= 0.3 is 0 Å². The van der Waals surface area contributed by atoms with Crippen molar-refractivity contribution in [2.24, 2.45) is 5.73 Å². The SMILES string of the molecule is CCC(CSC)NC(=O)CC(N)=S. The normalized spacial score (nSPS) is 12.2. The van der Waals surface area contributed by atoms with Gasteiger partial charge in [0.2, 0.25) is 5.91 Å². The third-order valence-corrected chi connectivity index (χ3v) is 2.44. The standard InChI is InChI=1S/C8H16N2OS2/c1-3-6(5-13-2)10-8(11)4-7(9)12/h6H,3-5H2,1-2H3,(H2,9,12)(H,10,11). The third-order valence-electron chi connectivity index (χ3n) is 1.56. The fourth-order valence-electron chi connectivity index (χ4n) is 0.900. The van der Waals surface area contributed by atoms with E-state index in [9.17, 15) is 4.79 Å². The number of hydrogen-bond donors (Lipinski definition) is 2. The first-order valence-electron chi connectivity index (χ1n) is 4.16. The quantitative estimate of drug-likeness (QED) is 0.654. The van der Waals surface area contributed by atoms with Crippen LogP contribution in [0.15, 0.2) is 0 Å². The number of hydrogen-bond acceptors (Lipinski definition) is 3. The molecule has 0 spiro atoms. The first-order valence-corrected chi connectivity index (χ1v) is 5.97. The van der Waals surface area contributed by atoms with Crippen molar-refractivity contribution in [1.29, 1.82) is 0 Å².